The number of benzene rings is 1. The van der Waals surface area contributed by atoms with Crippen LogP contribution in [0, 0.1) is 5.92 Å². The summed E-state index contributed by atoms with van der Waals surface area (Å²) in [5.41, 5.74) is -1.48. The molecule has 174 valence electrons. The summed E-state index contributed by atoms with van der Waals surface area (Å²) in [4.78, 5) is 19.7. The Hall–Kier alpha value is -2.98. The number of pyridine rings is 1. The van der Waals surface area contributed by atoms with Crippen molar-refractivity contribution in [3.8, 4) is 0 Å². The van der Waals surface area contributed by atoms with Crippen LogP contribution in [-0.4, -0.2) is 41.6 Å². The van der Waals surface area contributed by atoms with E-state index in [1.165, 1.54) is 22.1 Å². The minimum absolute atomic E-state index is 0.0887. The number of nitrogens with zero attached hydrogens (tertiary/aromatic N) is 3. The van der Waals surface area contributed by atoms with Crippen LogP contribution >= 0.6 is 0 Å². The summed E-state index contributed by atoms with van der Waals surface area (Å²) >= 11 is 0. The second-order valence-electron chi connectivity index (χ2n) is 7.83. The number of aromatic nitrogens is 1. The lowest BCUT2D eigenvalue weighted by molar-refractivity contribution is -0.138. The van der Waals surface area contributed by atoms with Crippen LogP contribution in [0.5, 0.6) is 0 Å². The molecule has 1 aliphatic rings. The molecular weight excluding hydrogens is 438 g/mol. The summed E-state index contributed by atoms with van der Waals surface area (Å²) < 4.78 is 78.3. The number of piperazine rings is 1. The number of amides is 2. The van der Waals surface area contributed by atoms with Gasteiger partial charge < -0.3 is 15.1 Å². The van der Waals surface area contributed by atoms with Gasteiger partial charge in [-0.25, -0.2) is 9.78 Å². The highest BCUT2D eigenvalue weighted by atomic mass is 19.4. The van der Waals surface area contributed by atoms with Gasteiger partial charge in [-0.2, -0.15) is 26.3 Å². The van der Waals surface area contributed by atoms with Gasteiger partial charge in [-0.3, -0.25) is 0 Å². The Bertz CT molecular complexity index is 943. The first kappa shape index (κ1) is 23.7. The van der Waals surface area contributed by atoms with Crippen molar-refractivity contribution >= 4 is 17.5 Å². The molecule has 1 N–H and O–H groups in total. The summed E-state index contributed by atoms with van der Waals surface area (Å²) in [5, 5.41) is 2.57. The fourth-order valence-electron chi connectivity index (χ4n) is 3.63. The van der Waals surface area contributed by atoms with Gasteiger partial charge in [0.2, 0.25) is 0 Å². The minimum Gasteiger partial charge on any atom is -0.352 e. The molecule has 1 saturated heterocycles. The van der Waals surface area contributed by atoms with Crippen LogP contribution in [0.1, 0.15) is 25.0 Å². The molecular formula is C21H22F6N4O. The fraction of sp³-hybridized carbons (Fsp3) is 0.429. The van der Waals surface area contributed by atoms with Crippen LogP contribution in [0.3, 0.4) is 0 Å². The highest BCUT2D eigenvalue weighted by Crippen LogP contribution is 2.36. The van der Waals surface area contributed by atoms with Crippen LogP contribution in [0.25, 0.3) is 0 Å². The Balaban J connectivity index is 1.76. The molecule has 2 aromatic rings. The van der Waals surface area contributed by atoms with Crippen molar-refractivity contribution in [2.24, 2.45) is 5.92 Å². The fourth-order valence-corrected chi connectivity index (χ4v) is 3.63. The van der Waals surface area contributed by atoms with Gasteiger partial charge in [0.25, 0.3) is 0 Å². The molecule has 0 spiro atoms. The maximum absolute atomic E-state index is 13.4. The molecule has 0 radical (unpaired) electrons. The van der Waals surface area contributed by atoms with Gasteiger partial charge in [0.05, 0.1) is 17.2 Å². The smallest absolute Gasteiger partial charge is 0.352 e. The first-order chi connectivity index (χ1) is 14.9. The maximum Gasteiger partial charge on any atom is 0.419 e. The van der Waals surface area contributed by atoms with Crippen molar-refractivity contribution in [3.63, 3.8) is 0 Å². The van der Waals surface area contributed by atoms with Gasteiger partial charge in [-0.05, 0) is 42.3 Å². The van der Waals surface area contributed by atoms with Gasteiger partial charge in [0.1, 0.15) is 5.82 Å². The largest absolute Gasteiger partial charge is 0.419 e. The second-order valence-corrected chi connectivity index (χ2v) is 7.83. The molecule has 1 unspecified atom stereocenters. The first-order valence-corrected chi connectivity index (χ1v) is 9.90. The van der Waals surface area contributed by atoms with Crippen molar-refractivity contribution in [3.05, 3.63) is 53.7 Å². The number of carbonyl (C=O) groups excluding carboxylic acids is 1. The normalized spacial score (nSPS) is 17.6. The number of rotatable bonds is 3. The lowest BCUT2D eigenvalue weighted by Gasteiger charge is -2.44. The van der Waals surface area contributed by atoms with E-state index in [2.05, 4.69) is 10.3 Å². The Morgan fingerprint density at radius 2 is 1.69 bits per heavy atom. The molecule has 0 aliphatic carbocycles. The molecule has 0 bridgehead atoms. The van der Waals surface area contributed by atoms with Gasteiger partial charge >= 0.3 is 18.4 Å². The third kappa shape index (κ3) is 5.25. The zero-order valence-corrected chi connectivity index (χ0v) is 17.3. The SMILES string of the molecule is CC(C)C1CN(c2ncccc2C(F)(F)F)CCN1C(=O)Nc1ccc(C(F)(F)F)cc1. The number of halogens is 6. The molecule has 1 fully saturated rings. The Morgan fingerprint density at radius 1 is 1.03 bits per heavy atom. The number of hydrogen-bond acceptors (Lipinski definition) is 3. The van der Waals surface area contributed by atoms with E-state index in [1.807, 2.05) is 13.8 Å². The summed E-state index contributed by atoms with van der Waals surface area (Å²) in [5.74, 6) is -0.275. The number of anilines is 2. The van der Waals surface area contributed by atoms with Crippen LogP contribution in [0.2, 0.25) is 0 Å². The molecule has 1 atom stereocenters. The lowest BCUT2D eigenvalue weighted by atomic mass is 9.99. The zero-order valence-electron chi connectivity index (χ0n) is 17.3. The van der Waals surface area contributed by atoms with E-state index in [9.17, 15) is 31.1 Å². The maximum atomic E-state index is 13.4. The van der Waals surface area contributed by atoms with Gasteiger partial charge in [0.15, 0.2) is 0 Å². The summed E-state index contributed by atoms with van der Waals surface area (Å²) in [6.45, 7) is 4.08. The minimum atomic E-state index is -4.56. The molecule has 2 heterocycles. The molecule has 1 aliphatic heterocycles. The van der Waals surface area contributed by atoms with Crippen LogP contribution in [0.15, 0.2) is 42.6 Å². The Kier molecular flexibility index (Phi) is 6.56. The molecule has 5 nitrogen and oxygen atoms in total. The standard InChI is InChI=1S/C21H22F6N4O/c1-13(2)17-12-30(18-16(21(25,26)27)4-3-9-28-18)10-11-31(17)19(32)29-15-7-5-14(6-8-15)20(22,23)24/h3-9,13,17H,10-12H2,1-2H3,(H,29,32). The molecule has 32 heavy (non-hydrogen) atoms. The predicted molar refractivity (Wildman–Crippen MR) is 107 cm³/mol. The average molecular weight is 460 g/mol. The van der Waals surface area contributed by atoms with E-state index in [4.69, 9.17) is 0 Å². The molecule has 1 aromatic carbocycles. The molecule has 0 saturated carbocycles. The summed E-state index contributed by atoms with van der Waals surface area (Å²) in [6.07, 6.45) is -7.75. The Labute approximate surface area is 181 Å². The van der Waals surface area contributed by atoms with Gasteiger partial charge in [0, 0.05) is 31.5 Å². The van der Waals surface area contributed by atoms with Gasteiger partial charge in [-0.15, -0.1) is 0 Å². The third-order valence-electron chi connectivity index (χ3n) is 5.30. The van der Waals surface area contributed by atoms with Gasteiger partial charge in [-0.1, -0.05) is 13.8 Å². The third-order valence-corrected chi connectivity index (χ3v) is 5.30. The monoisotopic (exact) mass is 460 g/mol. The molecule has 11 heteroatoms. The van der Waals surface area contributed by atoms with Crippen molar-refractivity contribution in [1.29, 1.82) is 0 Å². The summed E-state index contributed by atoms with van der Waals surface area (Å²) in [7, 11) is 0. The highest BCUT2D eigenvalue weighted by Gasteiger charge is 2.39. The van der Waals surface area contributed by atoms with Crippen LogP contribution in [0.4, 0.5) is 42.6 Å². The van der Waals surface area contributed by atoms with Crippen molar-refractivity contribution in [2.45, 2.75) is 32.2 Å². The molecule has 1 aromatic heterocycles. The molecule has 2 amide bonds. The van der Waals surface area contributed by atoms with Crippen LogP contribution in [-0.2, 0) is 12.4 Å². The number of nitrogens with one attached hydrogen (secondary N) is 1. The first-order valence-electron chi connectivity index (χ1n) is 9.90. The van der Waals surface area contributed by atoms with E-state index < -0.39 is 35.6 Å². The lowest BCUT2D eigenvalue weighted by Crippen LogP contribution is -2.58. The van der Waals surface area contributed by atoms with Crippen molar-refractivity contribution < 1.29 is 31.1 Å². The highest BCUT2D eigenvalue weighted by molar-refractivity contribution is 5.89. The average Bonchev–Trinajstić information content (AvgIpc) is 2.72. The van der Waals surface area contributed by atoms with Crippen molar-refractivity contribution in [1.82, 2.24) is 9.88 Å². The zero-order chi connectivity index (χ0) is 23.7. The van der Waals surface area contributed by atoms with E-state index >= 15 is 0 Å². The van der Waals surface area contributed by atoms with E-state index in [0.29, 0.717) is 0 Å². The predicted octanol–water partition coefficient (Wildman–Crippen LogP) is 5.50. The summed E-state index contributed by atoms with van der Waals surface area (Å²) in [6, 6.07) is 5.29. The van der Waals surface area contributed by atoms with Crippen LogP contribution < -0.4 is 10.2 Å². The second kappa shape index (κ2) is 8.87. The van der Waals surface area contributed by atoms with Crippen molar-refractivity contribution in [2.75, 3.05) is 29.9 Å². The van der Waals surface area contributed by atoms with E-state index in [-0.39, 0.29) is 37.1 Å². The van der Waals surface area contributed by atoms with E-state index in [1.54, 1.807) is 0 Å². The topological polar surface area (TPSA) is 48.5 Å². The molecule has 3 rings (SSSR count). The number of urea groups is 1. The number of carbonyl (C=O) groups is 1. The quantitative estimate of drug-likeness (QED) is 0.616. The van der Waals surface area contributed by atoms with E-state index in [0.717, 1.165) is 30.3 Å². The number of hydrogen-bond donors (Lipinski definition) is 1. The Morgan fingerprint density at radius 3 is 2.25 bits per heavy atom. The number of alkyl halides is 6.